The van der Waals surface area contributed by atoms with Gasteiger partial charge in [0.1, 0.15) is 6.29 Å². The molecule has 2 heterocycles. The third-order valence-corrected chi connectivity index (χ3v) is 3.69. The summed E-state index contributed by atoms with van der Waals surface area (Å²) in [5.74, 6) is 0.813. The van der Waals surface area contributed by atoms with Gasteiger partial charge in [-0.3, -0.25) is 4.79 Å². The summed E-state index contributed by atoms with van der Waals surface area (Å²) in [4.78, 5) is 22.6. The number of hydrogen-bond donors (Lipinski definition) is 0. The van der Waals surface area contributed by atoms with E-state index in [9.17, 15) is 4.79 Å². The van der Waals surface area contributed by atoms with E-state index in [4.69, 9.17) is 4.98 Å². The minimum absolute atomic E-state index is 0.0810. The number of fused-ring (bicyclic) bond motifs is 1. The summed E-state index contributed by atoms with van der Waals surface area (Å²) in [7, 11) is 0. The van der Waals surface area contributed by atoms with Crippen molar-refractivity contribution in [2.75, 3.05) is 18.0 Å². The highest BCUT2D eigenvalue weighted by Gasteiger charge is 2.24. The molecule has 1 aliphatic rings. The molecule has 0 amide bonds. The first-order valence-corrected chi connectivity index (χ1v) is 7.01. The van der Waals surface area contributed by atoms with Crippen LogP contribution in [0.3, 0.4) is 0 Å². The second-order valence-electron chi connectivity index (χ2n) is 6.36. The maximum Gasteiger partial charge on any atom is 0.226 e. The average molecular weight is 269 g/mol. The van der Waals surface area contributed by atoms with Crippen LogP contribution in [0.25, 0.3) is 10.9 Å². The first-order chi connectivity index (χ1) is 9.49. The maximum absolute atomic E-state index is 11.0. The van der Waals surface area contributed by atoms with E-state index < -0.39 is 0 Å². The highest BCUT2D eigenvalue weighted by atomic mass is 16.1. The van der Waals surface area contributed by atoms with Crippen LogP contribution < -0.4 is 4.90 Å². The Hall–Kier alpha value is -1.97. The molecule has 2 aromatic rings. The van der Waals surface area contributed by atoms with Crippen LogP contribution in [0.2, 0.25) is 0 Å². The van der Waals surface area contributed by atoms with Gasteiger partial charge in [-0.1, -0.05) is 20.8 Å². The molecule has 0 unspecified atom stereocenters. The van der Waals surface area contributed by atoms with E-state index in [0.717, 1.165) is 41.9 Å². The lowest BCUT2D eigenvalue weighted by molar-refractivity contribution is 0.112. The van der Waals surface area contributed by atoms with Crippen LogP contribution in [-0.2, 0) is 5.41 Å². The van der Waals surface area contributed by atoms with E-state index in [-0.39, 0.29) is 5.41 Å². The van der Waals surface area contributed by atoms with E-state index >= 15 is 0 Å². The topological polar surface area (TPSA) is 46.1 Å². The maximum atomic E-state index is 11.0. The first-order valence-electron chi connectivity index (χ1n) is 7.01. The molecule has 1 saturated heterocycles. The molecule has 1 fully saturated rings. The van der Waals surface area contributed by atoms with Gasteiger partial charge < -0.3 is 4.90 Å². The Morgan fingerprint density at radius 1 is 1.20 bits per heavy atom. The van der Waals surface area contributed by atoms with Crippen molar-refractivity contribution in [3.8, 4) is 0 Å². The van der Waals surface area contributed by atoms with Crippen molar-refractivity contribution in [1.82, 2.24) is 9.97 Å². The molecular weight excluding hydrogens is 250 g/mol. The van der Waals surface area contributed by atoms with Gasteiger partial charge in [-0.15, -0.1) is 0 Å². The zero-order valence-corrected chi connectivity index (χ0v) is 12.2. The zero-order chi connectivity index (χ0) is 14.3. The summed E-state index contributed by atoms with van der Waals surface area (Å²) in [5.41, 5.74) is 2.51. The SMILES string of the molecule is CC(C)(C)c1nc(N2CCC2)nc2ccc(C=O)cc12. The second-order valence-corrected chi connectivity index (χ2v) is 6.36. The fourth-order valence-electron chi connectivity index (χ4n) is 2.44. The number of hydrogen-bond acceptors (Lipinski definition) is 4. The van der Waals surface area contributed by atoms with Crippen molar-refractivity contribution in [3.05, 3.63) is 29.5 Å². The van der Waals surface area contributed by atoms with Crippen LogP contribution in [0.4, 0.5) is 5.95 Å². The Bertz CT molecular complexity index is 669. The van der Waals surface area contributed by atoms with Crippen molar-refractivity contribution in [2.24, 2.45) is 0 Å². The van der Waals surface area contributed by atoms with Gasteiger partial charge in [-0.25, -0.2) is 9.97 Å². The quantitative estimate of drug-likeness (QED) is 0.786. The molecule has 4 heteroatoms. The average Bonchev–Trinajstić information content (AvgIpc) is 2.34. The highest BCUT2D eigenvalue weighted by Crippen LogP contribution is 2.30. The summed E-state index contributed by atoms with van der Waals surface area (Å²) in [5, 5.41) is 0.978. The minimum Gasteiger partial charge on any atom is -0.341 e. The van der Waals surface area contributed by atoms with Gasteiger partial charge in [0.05, 0.1) is 11.2 Å². The van der Waals surface area contributed by atoms with Gasteiger partial charge in [-0.05, 0) is 24.6 Å². The van der Waals surface area contributed by atoms with Crippen molar-refractivity contribution in [2.45, 2.75) is 32.6 Å². The summed E-state index contributed by atoms with van der Waals surface area (Å²) in [6.45, 7) is 8.48. The monoisotopic (exact) mass is 269 g/mol. The largest absolute Gasteiger partial charge is 0.341 e. The van der Waals surface area contributed by atoms with Crippen molar-refractivity contribution < 1.29 is 4.79 Å². The molecule has 3 rings (SSSR count). The second kappa shape index (κ2) is 4.54. The van der Waals surface area contributed by atoms with Gasteiger partial charge in [0, 0.05) is 29.5 Å². The third kappa shape index (κ3) is 2.15. The number of anilines is 1. The molecule has 0 aliphatic carbocycles. The molecule has 0 spiro atoms. The predicted octanol–water partition coefficient (Wildman–Crippen LogP) is 2.95. The number of rotatable bonds is 2. The Balaban J connectivity index is 2.25. The summed E-state index contributed by atoms with van der Waals surface area (Å²) >= 11 is 0. The number of carbonyl (C=O) groups is 1. The molecule has 20 heavy (non-hydrogen) atoms. The van der Waals surface area contributed by atoms with Crippen LogP contribution in [0.15, 0.2) is 18.2 Å². The third-order valence-electron chi connectivity index (χ3n) is 3.69. The van der Waals surface area contributed by atoms with Crippen LogP contribution in [-0.4, -0.2) is 29.3 Å². The molecular formula is C16H19N3O. The van der Waals surface area contributed by atoms with Crippen molar-refractivity contribution in [1.29, 1.82) is 0 Å². The first kappa shape index (κ1) is 13.0. The predicted molar refractivity (Wildman–Crippen MR) is 80.5 cm³/mol. The van der Waals surface area contributed by atoms with Crippen LogP contribution >= 0.6 is 0 Å². The van der Waals surface area contributed by atoms with Gasteiger partial charge in [0.25, 0.3) is 0 Å². The fourth-order valence-corrected chi connectivity index (χ4v) is 2.44. The molecule has 0 radical (unpaired) electrons. The molecule has 1 aliphatic heterocycles. The van der Waals surface area contributed by atoms with Crippen LogP contribution in [0, 0.1) is 0 Å². The Morgan fingerprint density at radius 3 is 2.50 bits per heavy atom. The lowest BCUT2D eigenvalue weighted by atomic mass is 9.88. The van der Waals surface area contributed by atoms with Gasteiger partial charge in [-0.2, -0.15) is 0 Å². The molecule has 1 aromatic heterocycles. The number of aldehydes is 1. The molecule has 104 valence electrons. The fraction of sp³-hybridized carbons (Fsp3) is 0.438. The Labute approximate surface area is 118 Å². The van der Waals surface area contributed by atoms with Crippen molar-refractivity contribution in [3.63, 3.8) is 0 Å². The summed E-state index contributed by atoms with van der Waals surface area (Å²) in [6.07, 6.45) is 2.07. The minimum atomic E-state index is -0.0810. The molecule has 0 bridgehead atoms. The Kier molecular flexibility index (Phi) is 2.96. The summed E-state index contributed by atoms with van der Waals surface area (Å²) < 4.78 is 0. The molecule has 1 aromatic carbocycles. The Morgan fingerprint density at radius 2 is 1.95 bits per heavy atom. The zero-order valence-electron chi connectivity index (χ0n) is 12.2. The lowest BCUT2D eigenvalue weighted by Crippen LogP contribution is -2.38. The lowest BCUT2D eigenvalue weighted by Gasteiger charge is -2.32. The molecule has 0 saturated carbocycles. The van der Waals surface area contributed by atoms with E-state index in [0.29, 0.717) is 5.56 Å². The van der Waals surface area contributed by atoms with Crippen LogP contribution in [0.5, 0.6) is 0 Å². The van der Waals surface area contributed by atoms with Crippen LogP contribution in [0.1, 0.15) is 43.2 Å². The van der Waals surface area contributed by atoms with E-state index in [2.05, 4.69) is 30.7 Å². The number of carbonyl (C=O) groups excluding carboxylic acids is 1. The molecule has 4 nitrogen and oxygen atoms in total. The smallest absolute Gasteiger partial charge is 0.226 e. The number of benzene rings is 1. The highest BCUT2D eigenvalue weighted by molar-refractivity contribution is 5.89. The van der Waals surface area contributed by atoms with Gasteiger partial charge in [0.2, 0.25) is 5.95 Å². The van der Waals surface area contributed by atoms with Crippen molar-refractivity contribution >= 4 is 23.1 Å². The number of nitrogens with zero attached hydrogens (tertiary/aromatic N) is 3. The van der Waals surface area contributed by atoms with Gasteiger partial charge in [0.15, 0.2) is 0 Å². The van der Waals surface area contributed by atoms with E-state index in [1.54, 1.807) is 0 Å². The standard InChI is InChI=1S/C16H19N3O/c1-16(2,3)14-12-9-11(10-20)5-6-13(12)17-15(18-14)19-7-4-8-19/h5-6,9-10H,4,7-8H2,1-3H3. The van der Waals surface area contributed by atoms with Gasteiger partial charge >= 0.3 is 0 Å². The normalized spacial score (nSPS) is 15.2. The molecule has 0 N–H and O–H groups in total. The van der Waals surface area contributed by atoms with E-state index in [1.165, 1.54) is 6.42 Å². The van der Waals surface area contributed by atoms with E-state index in [1.807, 2.05) is 18.2 Å². The summed E-state index contributed by atoms with van der Waals surface area (Å²) in [6, 6.07) is 5.62. The molecule has 0 atom stereocenters. The number of aromatic nitrogens is 2.